The van der Waals surface area contributed by atoms with Crippen molar-refractivity contribution in [2.75, 3.05) is 13.6 Å². The summed E-state index contributed by atoms with van der Waals surface area (Å²) in [5, 5.41) is 4.25. The topological polar surface area (TPSA) is 64.2 Å². The first-order chi connectivity index (χ1) is 7.95. The maximum absolute atomic E-state index is 12.1. The fourth-order valence-corrected chi connectivity index (χ4v) is 1.57. The Morgan fingerprint density at radius 1 is 1.65 bits per heavy atom. The third-order valence-corrected chi connectivity index (χ3v) is 2.76. The van der Waals surface area contributed by atoms with Crippen molar-refractivity contribution in [1.82, 2.24) is 14.7 Å². The minimum Gasteiger partial charge on any atom is -0.393 e. The van der Waals surface area contributed by atoms with Gasteiger partial charge in [0.2, 0.25) is 0 Å². The first kappa shape index (κ1) is 13.6. The Hall–Kier alpha value is -1.43. The van der Waals surface area contributed by atoms with Crippen molar-refractivity contribution in [3.8, 4) is 0 Å². The normalized spacial score (nSPS) is 10.3. The highest BCUT2D eigenvalue weighted by atomic mass is 32.1. The maximum atomic E-state index is 12.1. The molecule has 17 heavy (non-hydrogen) atoms. The fourth-order valence-electron chi connectivity index (χ4n) is 1.47. The molecule has 0 aliphatic heterocycles. The number of amides is 1. The molecule has 0 aliphatic rings. The van der Waals surface area contributed by atoms with Crippen LogP contribution in [0.4, 0.5) is 0 Å². The molecular weight excluding hydrogens is 236 g/mol. The minimum atomic E-state index is -0.0593. The van der Waals surface area contributed by atoms with Crippen LogP contribution in [0, 0.1) is 0 Å². The SMILES string of the molecule is CCc1cc(C(=O)N(C)CCC(N)=S)n(C)n1. The zero-order valence-electron chi connectivity index (χ0n) is 10.4. The van der Waals surface area contributed by atoms with E-state index < -0.39 is 0 Å². The van der Waals surface area contributed by atoms with Gasteiger partial charge in [-0.25, -0.2) is 0 Å². The van der Waals surface area contributed by atoms with Crippen LogP contribution < -0.4 is 5.73 Å². The van der Waals surface area contributed by atoms with Gasteiger partial charge < -0.3 is 10.6 Å². The highest BCUT2D eigenvalue weighted by Crippen LogP contribution is 2.07. The van der Waals surface area contributed by atoms with Crippen LogP contribution in [0.3, 0.4) is 0 Å². The molecule has 1 amide bonds. The van der Waals surface area contributed by atoms with E-state index in [1.54, 1.807) is 23.7 Å². The van der Waals surface area contributed by atoms with E-state index in [1.165, 1.54) is 0 Å². The molecule has 1 aromatic rings. The standard InChI is InChI=1S/C11H18N4OS/c1-4-8-7-9(15(3)13-8)11(16)14(2)6-5-10(12)17/h7H,4-6H2,1-3H3,(H2,12,17). The largest absolute Gasteiger partial charge is 0.393 e. The summed E-state index contributed by atoms with van der Waals surface area (Å²) in [4.78, 5) is 14.1. The molecule has 1 rings (SSSR count). The quantitative estimate of drug-likeness (QED) is 0.787. The summed E-state index contributed by atoms with van der Waals surface area (Å²) in [6, 6.07) is 1.82. The van der Waals surface area contributed by atoms with Gasteiger partial charge in [0.25, 0.3) is 5.91 Å². The number of aryl methyl sites for hydroxylation is 2. The van der Waals surface area contributed by atoms with Crippen LogP contribution in [-0.4, -0.2) is 39.2 Å². The number of hydrogen-bond donors (Lipinski definition) is 1. The molecule has 0 aliphatic carbocycles. The Labute approximate surface area is 107 Å². The predicted molar refractivity (Wildman–Crippen MR) is 70.9 cm³/mol. The molecule has 0 spiro atoms. The van der Waals surface area contributed by atoms with Crippen LogP contribution in [-0.2, 0) is 13.5 Å². The summed E-state index contributed by atoms with van der Waals surface area (Å²) in [6.45, 7) is 2.54. The van der Waals surface area contributed by atoms with E-state index in [1.807, 2.05) is 13.0 Å². The monoisotopic (exact) mass is 254 g/mol. The van der Waals surface area contributed by atoms with E-state index in [-0.39, 0.29) is 5.91 Å². The van der Waals surface area contributed by atoms with Crippen molar-refractivity contribution < 1.29 is 4.79 Å². The van der Waals surface area contributed by atoms with Crippen molar-refractivity contribution in [3.63, 3.8) is 0 Å². The maximum Gasteiger partial charge on any atom is 0.271 e. The number of thiocarbonyl (C=S) groups is 1. The van der Waals surface area contributed by atoms with Gasteiger partial charge in [0.1, 0.15) is 5.69 Å². The van der Waals surface area contributed by atoms with Crippen LogP contribution in [0.5, 0.6) is 0 Å². The molecule has 5 nitrogen and oxygen atoms in total. The third-order valence-electron chi connectivity index (χ3n) is 2.55. The predicted octanol–water partition coefficient (Wildman–Crippen LogP) is 0.731. The summed E-state index contributed by atoms with van der Waals surface area (Å²) in [7, 11) is 3.51. The molecule has 2 N–H and O–H groups in total. The summed E-state index contributed by atoms with van der Waals surface area (Å²) in [6.07, 6.45) is 1.35. The second kappa shape index (κ2) is 5.77. The second-order valence-corrected chi connectivity index (χ2v) is 4.47. The van der Waals surface area contributed by atoms with Crippen LogP contribution in [0.25, 0.3) is 0 Å². The molecule has 0 fully saturated rings. The van der Waals surface area contributed by atoms with Crippen molar-refractivity contribution in [2.45, 2.75) is 19.8 Å². The summed E-state index contributed by atoms with van der Waals surface area (Å²) >= 11 is 4.79. The molecule has 0 atom stereocenters. The summed E-state index contributed by atoms with van der Waals surface area (Å²) in [5.41, 5.74) is 6.92. The van der Waals surface area contributed by atoms with Crippen molar-refractivity contribution in [1.29, 1.82) is 0 Å². The Morgan fingerprint density at radius 2 is 2.29 bits per heavy atom. The Balaban J connectivity index is 2.74. The van der Waals surface area contributed by atoms with Gasteiger partial charge in [0, 0.05) is 27.1 Å². The number of rotatable bonds is 5. The van der Waals surface area contributed by atoms with E-state index in [2.05, 4.69) is 5.10 Å². The second-order valence-electron chi connectivity index (χ2n) is 3.94. The van der Waals surface area contributed by atoms with Crippen LogP contribution in [0.2, 0.25) is 0 Å². The lowest BCUT2D eigenvalue weighted by atomic mass is 10.3. The Morgan fingerprint density at radius 3 is 2.76 bits per heavy atom. The lowest BCUT2D eigenvalue weighted by Gasteiger charge is -2.16. The molecular formula is C11H18N4OS. The number of nitrogens with zero attached hydrogens (tertiary/aromatic N) is 3. The van der Waals surface area contributed by atoms with Crippen LogP contribution >= 0.6 is 12.2 Å². The van der Waals surface area contributed by atoms with Crippen molar-refractivity contribution >= 4 is 23.1 Å². The summed E-state index contributed by atoms with van der Waals surface area (Å²) < 4.78 is 1.61. The van der Waals surface area contributed by atoms with Gasteiger partial charge in [-0.2, -0.15) is 5.10 Å². The average molecular weight is 254 g/mol. The molecule has 6 heteroatoms. The Bertz CT molecular complexity index is 427. The van der Waals surface area contributed by atoms with Gasteiger partial charge in [-0.15, -0.1) is 0 Å². The van der Waals surface area contributed by atoms with Gasteiger partial charge in [-0.1, -0.05) is 19.1 Å². The molecule has 1 aromatic heterocycles. The molecule has 0 saturated heterocycles. The highest BCUT2D eigenvalue weighted by Gasteiger charge is 2.16. The molecule has 1 heterocycles. The first-order valence-corrected chi connectivity index (χ1v) is 5.93. The summed E-state index contributed by atoms with van der Waals surface area (Å²) in [5.74, 6) is -0.0593. The minimum absolute atomic E-state index is 0.0593. The van der Waals surface area contributed by atoms with Crippen LogP contribution in [0.1, 0.15) is 29.5 Å². The first-order valence-electron chi connectivity index (χ1n) is 5.52. The van der Waals surface area contributed by atoms with Crippen molar-refractivity contribution in [2.24, 2.45) is 12.8 Å². The van der Waals surface area contributed by atoms with Gasteiger partial charge in [-0.3, -0.25) is 9.48 Å². The molecule has 94 valence electrons. The van der Waals surface area contributed by atoms with E-state index in [9.17, 15) is 4.79 Å². The molecule has 0 bridgehead atoms. The van der Waals surface area contributed by atoms with Gasteiger partial charge in [0.15, 0.2) is 0 Å². The average Bonchev–Trinajstić information content (AvgIpc) is 2.66. The molecule has 0 saturated carbocycles. The number of nitrogens with two attached hydrogens (primary N) is 1. The number of carbonyl (C=O) groups excluding carboxylic acids is 1. The molecule has 0 aromatic carbocycles. The van der Waals surface area contributed by atoms with Gasteiger partial charge in [-0.05, 0) is 12.5 Å². The molecule has 0 radical (unpaired) electrons. The zero-order chi connectivity index (χ0) is 13.0. The fraction of sp³-hybridized carbons (Fsp3) is 0.545. The number of aromatic nitrogens is 2. The van der Waals surface area contributed by atoms with Gasteiger partial charge >= 0.3 is 0 Å². The van der Waals surface area contributed by atoms with Crippen molar-refractivity contribution in [3.05, 3.63) is 17.5 Å². The van der Waals surface area contributed by atoms with E-state index in [4.69, 9.17) is 18.0 Å². The highest BCUT2D eigenvalue weighted by molar-refractivity contribution is 7.80. The smallest absolute Gasteiger partial charge is 0.271 e. The van der Waals surface area contributed by atoms with E-state index >= 15 is 0 Å². The number of carbonyl (C=O) groups is 1. The van der Waals surface area contributed by atoms with Gasteiger partial charge in [0.05, 0.1) is 10.7 Å². The van der Waals surface area contributed by atoms with E-state index in [0.29, 0.717) is 23.6 Å². The zero-order valence-corrected chi connectivity index (χ0v) is 11.3. The Kier molecular flexibility index (Phi) is 4.62. The van der Waals surface area contributed by atoms with E-state index in [0.717, 1.165) is 12.1 Å². The molecule has 0 unspecified atom stereocenters. The number of hydrogen-bond acceptors (Lipinski definition) is 3. The lowest BCUT2D eigenvalue weighted by molar-refractivity contribution is 0.0788. The lowest BCUT2D eigenvalue weighted by Crippen LogP contribution is -2.31. The third kappa shape index (κ3) is 3.52. The van der Waals surface area contributed by atoms with Crippen LogP contribution in [0.15, 0.2) is 6.07 Å².